The molecular formula is C8H11NO2. The van der Waals surface area contributed by atoms with Crippen LogP contribution >= 0.6 is 0 Å². The Morgan fingerprint density at radius 2 is 2.36 bits per heavy atom. The SMILES string of the molecule is NC(=O)C1CC23CCCC12O3. The summed E-state index contributed by atoms with van der Waals surface area (Å²) < 4.78 is 5.61. The van der Waals surface area contributed by atoms with Gasteiger partial charge < -0.3 is 10.5 Å². The van der Waals surface area contributed by atoms with Gasteiger partial charge in [-0.15, -0.1) is 0 Å². The van der Waals surface area contributed by atoms with E-state index < -0.39 is 0 Å². The maximum atomic E-state index is 10.9. The van der Waals surface area contributed by atoms with Crippen LogP contribution in [0.3, 0.4) is 0 Å². The first-order valence-corrected chi connectivity index (χ1v) is 4.20. The molecule has 3 unspecified atom stereocenters. The number of ether oxygens (including phenoxy) is 1. The topological polar surface area (TPSA) is 55.6 Å². The van der Waals surface area contributed by atoms with Crippen molar-refractivity contribution in [3.05, 3.63) is 0 Å². The number of carbonyl (C=O) groups is 1. The summed E-state index contributed by atoms with van der Waals surface area (Å²) in [5.74, 6) is -0.134. The van der Waals surface area contributed by atoms with Crippen LogP contribution in [0, 0.1) is 5.92 Å². The highest BCUT2D eigenvalue weighted by atomic mass is 16.6. The molecule has 2 saturated carbocycles. The Balaban J connectivity index is 1.92. The van der Waals surface area contributed by atoms with Gasteiger partial charge in [0.15, 0.2) is 0 Å². The zero-order valence-corrected chi connectivity index (χ0v) is 6.30. The van der Waals surface area contributed by atoms with Gasteiger partial charge in [0.2, 0.25) is 5.91 Å². The molecule has 2 aliphatic carbocycles. The van der Waals surface area contributed by atoms with Crippen LogP contribution in [0.2, 0.25) is 0 Å². The molecule has 0 aromatic heterocycles. The lowest BCUT2D eigenvalue weighted by Gasteiger charge is -2.30. The van der Waals surface area contributed by atoms with E-state index in [0.717, 1.165) is 19.3 Å². The minimum absolute atomic E-state index is 0.0324. The van der Waals surface area contributed by atoms with Crippen molar-refractivity contribution in [1.82, 2.24) is 0 Å². The van der Waals surface area contributed by atoms with E-state index in [4.69, 9.17) is 10.5 Å². The third kappa shape index (κ3) is 0.415. The van der Waals surface area contributed by atoms with Crippen LogP contribution in [0.1, 0.15) is 25.7 Å². The van der Waals surface area contributed by atoms with E-state index in [1.165, 1.54) is 6.42 Å². The van der Waals surface area contributed by atoms with E-state index in [1.54, 1.807) is 0 Å². The largest absolute Gasteiger partial charge is 0.369 e. The summed E-state index contributed by atoms with van der Waals surface area (Å²) >= 11 is 0. The van der Waals surface area contributed by atoms with Crippen LogP contribution in [0.15, 0.2) is 0 Å². The summed E-state index contributed by atoms with van der Waals surface area (Å²) in [6.07, 6.45) is 4.31. The van der Waals surface area contributed by atoms with Gasteiger partial charge in [0.05, 0.1) is 11.5 Å². The van der Waals surface area contributed by atoms with Crippen LogP contribution in [-0.2, 0) is 9.53 Å². The van der Waals surface area contributed by atoms with Gasteiger partial charge in [-0.1, -0.05) is 0 Å². The van der Waals surface area contributed by atoms with E-state index in [9.17, 15) is 4.79 Å². The van der Waals surface area contributed by atoms with Crippen LogP contribution in [0.4, 0.5) is 0 Å². The fourth-order valence-corrected chi connectivity index (χ4v) is 3.07. The van der Waals surface area contributed by atoms with Gasteiger partial charge in [0.1, 0.15) is 5.60 Å². The highest BCUT2D eigenvalue weighted by Crippen LogP contribution is 2.74. The molecule has 1 aliphatic heterocycles. The molecule has 0 spiro atoms. The molecule has 0 bridgehead atoms. The van der Waals surface area contributed by atoms with Crippen molar-refractivity contribution in [2.24, 2.45) is 11.7 Å². The molecule has 1 heterocycles. The second-order valence-electron chi connectivity index (χ2n) is 4.00. The number of hydrogen-bond donors (Lipinski definition) is 1. The second kappa shape index (κ2) is 1.33. The van der Waals surface area contributed by atoms with E-state index in [0.29, 0.717) is 0 Å². The summed E-state index contributed by atoms with van der Waals surface area (Å²) in [5, 5.41) is 0. The lowest BCUT2D eigenvalue weighted by molar-refractivity contribution is -0.125. The van der Waals surface area contributed by atoms with Crippen LogP contribution in [0.5, 0.6) is 0 Å². The third-order valence-electron chi connectivity index (χ3n) is 3.68. The van der Waals surface area contributed by atoms with Crippen molar-refractivity contribution >= 4 is 5.91 Å². The average Bonchev–Trinajstić information content (AvgIpc) is 2.32. The summed E-state index contributed by atoms with van der Waals surface area (Å²) in [5.41, 5.74) is 5.32. The number of primary amides is 1. The summed E-state index contributed by atoms with van der Waals surface area (Å²) in [7, 11) is 0. The minimum atomic E-state index is -0.167. The second-order valence-corrected chi connectivity index (χ2v) is 4.00. The Morgan fingerprint density at radius 3 is 2.91 bits per heavy atom. The van der Waals surface area contributed by atoms with Crippen molar-refractivity contribution in [1.29, 1.82) is 0 Å². The fourth-order valence-electron chi connectivity index (χ4n) is 3.07. The Bertz CT molecular complexity index is 248. The molecule has 3 fully saturated rings. The maximum absolute atomic E-state index is 10.9. The van der Waals surface area contributed by atoms with Gasteiger partial charge in [-0.05, 0) is 25.7 Å². The summed E-state index contributed by atoms with van der Waals surface area (Å²) in [4.78, 5) is 10.9. The molecule has 0 radical (unpaired) electrons. The number of amides is 1. The minimum Gasteiger partial charge on any atom is -0.369 e. The summed E-state index contributed by atoms with van der Waals surface area (Å²) in [6.45, 7) is 0. The first-order valence-electron chi connectivity index (χ1n) is 4.20. The number of carbonyl (C=O) groups excluding carboxylic acids is 1. The predicted octanol–water partition coefficient (Wildman–Crippen LogP) is 0.183. The van der Waals surface area contributed by atoms with Crippen LogP contribution in [0.25, 0.3) is 0 Å². The molecule has 0 aromatic carbocycles. The van der Waals surface area contributed by atoms with Crippen molar-refractivity contribution in [2.75, 3.05) is 0 Å². The van der Waals surface area contributed by atoms with E-state index in [1.807, 2.05) is 0 Å². The maximum Gasteiger partial charge on any atom is 0.223 e. The smallest absolute Gasteiger partial charge is 0.223 e. The van der Waals surface area contributed by atoms with Crippen molar-refractivity contribution in [2.45, 2.75) is 36.9 Å². The van der Waals surface area contributed by atoms with Crippen molar-refractivity contribution in [3.8, 4) is 0 Å². The van der Waals surface area contributed by atoms with Crippen LogP contribution in [-0.4, -0.2) is 17.1 Å². The molecule has 3 aliphatic rings. The predicted molar refractivity (Wildman–Crippen MR) is 37.7 cm³/mol. The Morgan fingerprint density at radius 1 is 1.55 bits per heavy atom. The molecule has 60 valence electrons. The molecule has 11 heavy (non-hydrogen) atoms. The molecular weight excluding hydrogens is 142 g/mol. The molecule has 3 rings (SSSR count). The first kappa shape index (κ1) is 6.00. The molecule has 1 amide bonds. The Hall–Kier alpha value is -0.570. The quantitative estimate of drug-likeness (QED) is 0.546. The Kier molecular flexibility index (Phi) is 0.727. The number of nitrogens with two attached hydrogens (primary N) is 1. The average molecular weight is 153 g/mol. The highest BCUT2D eigenvalue weighted by molar-refractivity contribution is 5.81. The van der Waals surface area contributed by atoms with Gasteiger partial charge in [-0.25, -0.2) is 0 Å². The summed E-state index contributed by atoms with van der Waals surface area (Å²) in [6, 6.07) is 0. The molecule has 0 aromatic rings. The van der Waals surface area contributed by atoms with E-state index in [2.05, 4.69) is 0 Å². The van der Waals surface area contributed by atoms with Crippen molar-refractivity contribution in [3.63, 3.8) is 0 Å². The normalized spacial score (nSPS) is 57.6. The lowest BCUT2D eigenvalue weighted by atomic mass is 9.66. The Labute approximate surface area is 64.9 Å². The van der Waals surface area contributed by atoms with Crippen molar-refractivity contribution < 1.29 is 9.53 Å². The highest BCUT2D eigenvalue weighted by Gasteiger charge is 2.84. The van der Waals surface area contributed by atoms with Gasteiger partial charge in [-0.3, -0.25) is 4.79 Å². The van der Waals surface area contributed by atoms with E-state index >= 15 is 0 Å². The van der Waals surface area contributed by atoms with Crippen LogP contribution < -0.4 is 5.73 Å². The molecule has 3 nitrogen and oxygen atoms in total. The van der Waals surface area contributed by atoms with E-state index in [-0.39, 0.29) is 23.0 Å². The monoisotopic (exact) mass is 153 g/mol. The molecule has 3 atom stereocenters. The number of hydrogen-bond acceptors (Lipinski definition) is 2. The lowest BCUT2D eigenvalue weighted by Crippen LogP contribution is -2.49. The molecule has 1 saturated heterocycles. The van der Waals surface area contributed by atoms with Gasteiger partial charge >= 0.3 is 0 Å². The third-order valence-corrected chi connectivity index (χ3v) is 3.68. The molecule has 3 heteroatoms. The molecule has 2 N–H and O–H groups in total. The van der Waals surface area contributed by atoms with Gasteiger partial charge in [0.25, 0.3) is 0 Å². The number of rotatable bonds is 1. The fraction of sp³-hybridized carbons (Fsp3) is 0.875. The zero-order valence-electron chi connectivity index (χ0n) is 6.30. The number of epoxide rings is 1. The first-order chi connectivity index (χ1) is 5.20. The standard InChI is InChI=1S/C8H11NO2/c9-6(10)5-4-7-2-1-3-8(5,7)11-7/h5H,1-4H2,(H2,9,10). The van der Waals surface area contributed by atoms with Gasteiger partial charge in [0, 0.05) is 0 Å². The zero-order chi connectivity index (χ0) is 7.69. The van der Waals surface area contributed by atoms with Gasteiger partial charge in [-0.2, -0.15) is 0 Å².